The van der Waals surface area contributed by atoms with E-state index < -0.39 is 0 Å². The first-order valence-electron chi connectivity index (χ1n) is 12.1. The SMILES string of the molecule is CC.CCC.CCC.CCC.CCC.c1ccc2ccccc2c1.c1ccccc1. The fourth-order valence-electron chi connectivity index (χ4n) is 1.52. The first-order chi connectivity index (χ1) is 14.6. The first-order valence-corrected chi connectivity index (χ1v) is 12.1. The van der Waals surface area contributed by atoms with Crippen molar-refractivity contribution in [2.45, 2.75) is 94.9 Å². The highest BCUT2D eigenvalue weighted by Gasteiger charge is 1.85. The summed E-state index contributed by atoms with van der Waals surface area (Å²) >= 11 is 0. The average Bonchev–Trinajstić information content (AvgIpc) is 2.79. The zero-order chi connectivity index (χ0) is 23.9. The Morgan fingerprint density at radius 2 is 0.467 bits per heavy atom. The Hall–Kier alpha value is -2.08. The van der Waals surface area contributed by atoms with E-state index in [0.717, 1.165) is 0 Å². The molecule has 0 heterocycles. The Morgan fingerprint density at radius 3 is 0.600 bits per heavy atom. The molecule has 0 fully saturated rings. The van der Waals surface area contributed by atoms with E-state index >= 15 is 0 Å². The highest BCUT2D eigenvalue weighted by Crippen LogP contribution is 2.11. The van der Waals surface area contributed by atoms with Gasteiger partial charge in [-0.1, -0.05) is 180 Å². The molecule has 0 bridgehead atoms. The van der Waals surface area contributed by atoms with Gasteiger partial charge in [-0.2, -0.15) is 0 Å². The summed E-state index contributed by atoms with van der Waals surface area (Å²) in [6.07, 6.45) is 5.00. The summed E-state index contributed by atoms with van der Waals surface area (Å²) in [5.74, 6) is 0. The van der Waals surface area contributed by atoms with E-state index in [9.17, 15) is 0 Å². The molecule has 3 aromatic rings. The van der Waals surface area contributed by atoms with Crippen LogP contribution in [0, 0.1) is 0 Å². The summed E-state index contributed by atoms with van der Waals surface area (Å²) in [6, 6.07) is 28.7. The van der Waals surface area contributed by atoms with E-state index in [2.05, 4.69) is 104 Å². The molecule has 0 N–H and O–H groups in total. The van der Waals surface area contributed by atoms with Crippen molar-refractivity contribution < 1.29 is 0 Å². The topological polar surface area (TPSA) is 0 Å². The molecule has 30 heavy (non-hydrogen) atoms. The lowest BCUT2D eigenvalue weighted by Crippen LogP contribution is -1.67. The van der Waals surface area contributed by atoms with Crippen LogP contribution in [0.15, 0.2) is 84.9 Å². The van der Waals surface area contributed by atoms with Crippen molar-refractivity contribution in [3.63, 3.8) is 0 Å². The van der Waals surface area contributed by atoms with Crippen LogP contribution in [0.3, 0.4) is 0 Å². The van der Waals surface area contributed by atoms with Crippen LogP contribution in [0.4, 0.5) is 0 Å². The molecule has 0 aromatic heterocycles. The molecule has 0 atom stereocenters. The van der Waals surface area contributed by atoms with Gasteiger partial charge in [-0.3, -0.25) is 0 Å². The number of hydrogen-bond donors (Lipinski definition) is 0. The molecule has 0 saturated heterocycles. The van der Waals surface area contributed by atoms with Gasteiger partial charge in [0.05, 0.1) is 0 Å². The Bertz CT molecular complexity index is 484. The molecule has 0 nitrogen and oxygen atoms in total. The van der Waals surface area contributed by atoms with Gasteiger partial charge in [-0.25, -0.2) is 0 Å². The minimum Gasteiger partial charge on any atom is -0.0683 e. The van der Waals surface area contributed by atoms with E-state index in [1.807, 2.05) is 50.2 Å². The summed E-state index contributed by atoms with van der Waals surface area (Å²) in [7, 11) is 0. The van der Waals surface area contributed by atoms with Crippen LogP contribution in [0.5, 0.6) is 0 Å². The van der Waals surface area contributed by atoms with Crippen molar-refractivity contribution in [1.29, 1.82) is 0 Å². The third kappa shape index (κ3) is 33.5. The summed E-state index contributed by atoms with van der Waals surface area (Å²) in [5.41, 5.74) is 0. The fourth-order valence-corrected chi connectivity index (χ4v) is 1.52. The monoisotopic (exact) mass is 412 g/mol. The lowest BCUT2D eigenvalue weighted by atomic mass is 10.1. The molecule has 0 radical (unpaired) electrons. The molecule has 0 saturated carbocycles. The van der Waals surface area contributed by atoms with Crippen LogP contribution in [0.25, 0.3) is 10.8 Å². The minimum absolute atomic E-state index is 1.25. The van der Waals surface area contributed by atoms with E-state index in [-0.39, 0.29) is 0 Å². The quantitative estimate of drug-likeness (QED) is 0.344. The molecule has 0 amide bonds. The maximum absolute atomic E-state index is 2.12. The van der Waals surface area contributed by atoms with Crippen LogP contribution in [0.2, 0.25) is 0 Å². The molecular weight excluding hydrogens is 360 g/mol. The molecule has 0 aliphatic carbocycles. The van der Waals surface area contributed by atoms with Gasteiger partial charge < -0.3 is 0 Å². The number of benzene rings is 3. The molecule has 0 heteroatoms. The van der Waals surface area contributed by atoms with Gasteiger partial charge in [0.1, 0.15) is 0 Å². The second-order valence-electron chi connectivity index (χ2n) is 6.33. The van der Waals surface area contributed by atoms with Crippen molar-refractivity contribution in [3.8, 4) is 0 Å². The Balaban J connectivity index is -0.000000147. The van der Waals surface area contributed by atoms with Gasteiger partial charge in [0.25, 0.3) is 0 Å². The van der Waals surface area contributed by atoms with E-state index in [0.29, 0.717) is 0 Å². The Labute approximate surface area is 190 Å². The Kier molecular flexibility index (Phi) is 44.4. The zero-order valence-electron chi connectivity index (χ0n) is 21.9. The second-order valence-corrected chi connectivity index (χ2v) is 6.33. The molecule has 3 aromatic carbocycles. The van der Waals surface area contributed by atoms with Crippen LogP contribution in [0.1, 0.15) is 94.9 Å². The number of rotatable bonds is 0. The normalized spacial score (nSPS) is 7.53. The number of fused-ring (bicyclic) bond motifs is 1. The molecule has 3 rings (SSSR count). The lowest BCUT2D eigenvalue weighted by Gasteiger charge is -1.92. The minimum atomic E-state index is 1.25. The predicted octanol–water partition coefficient (Wildman–Crippen LogP) is 11.2. The van der Waals surface area contributed by atoms with Crippen LogP contribution in [-0.4, -0.2) is 0 Å². The summed E-state index contributed by atoms with van der Waals surface area (Å²) in [5, 5.41) is 2.62. The van der Waals surface area contributed by atoms with Gasteiger partial charge in [0.15, 0.2) is 0 Å². The molecule has 0 aliphatic rings. The van der Waals surface area contributed by atoms with Gasteiger partial charge in [0.2, 0.25) is 0 Å². The van der Waals surface area contributed by atoms with Gasteiger partial charge >= 0.3 is 0 Å². The Morgan fingerprint density at radius 1 is 0.333 bits per heavy atom. The predicted molar refractivity (Wildman–Crippen MR) is 146 cm³/mol. The molecule has 172 valence electrons. The molecule has 0 unspecified atom stereocenters. The molecule has 0 aliphatic heterocycles. The number of hydrogen-bond acceptors (Lipinski definition) is 0. The van der Waals surface area contributed by atoms with E-state index in [1.165, 1.54) is 36.5 Å². The standard InChI is InChI=1S/C10H8.C6H6.4C3H8.C2H6/c1-2-6-10-8-4-3-7-9(10)5-1;1-2-4-6-5-3-1;4*1-3-2;1-2/h1-8H;1-6H;4*3H2,1-2H3;1-2H3. The zero-order valence-corrected chi connectivity index (χ0v) is 21.9. The maximum atomic E-state index is 2.12. The van der Waals surface area contributed by atoms with E-state index in [4.69, 9.17) is 0 Å². The third-order valence-electron chi connectivity index (χ3n) is 2.33. The molecular formula is C30H52. The summed E-state index contributed by atoms with van der Waals surface area (Å²) in [6.45, 7) is 21.0. The summed E-state index contributed by atoms with van der Waals surface area (Å²) < 4.78 is 0. The highest BCUT2D eigenvalue weighted by molar-refractivity contribution is 5.81. The highest BCUT2D eigenvalue weighted by atomic mass is 13.9. The first kappa shape index (κ1) is 35.4. The summed E-state index contributed by atoms with van der Waals surface area (Å²) in [4.78, 5) is 0. The van der Waals surface area contributed by atoms with Gasteiger partial charge in [-0.15, -0.1) is 0 Å². The molecule has 0 spiro atoms. The lowest BCUT2D eigenvalue weighted by molar-refractivity contribution is 1.09. The van der Waals surface area contributed by atoms with Gasteiger partial charge in [0, 0.05) is 0 Å². The average molecular weight is 413 g/mol. The van der Waals surface area contributed by atoms with Crippen molar-refractivity contribution in [2.75, 3.05) is 0 Å². The third-order valence-corrected chi connectivity index (χ3v) is 2.33. The van der Waals surface area contributed by atoms with Crippen molar-refractivity contribution in [3.05, 3.63) is 84.9 Å². The van der Waals surface area contributed by atoms with Crippen molar-refractivity contribution >= 4 is 10.8 Å². The largest absolute Gasteiger partial charge is 0.0683 e. The van der Waals surface area contributed by atoms with Crippen LogP contribution < -0.4 is 0 Å². The van der Waals surface area contributed by atoms with Gasteiger partial charge in [-0.05, 0) is 10.8 Å². The van der Waals surface area contributed by atoms with E-state index in [1.54, 1.807) is 0 Å². The maximum Gasteiger partial charge on any atom is -0.0184 e. The van der Waals surface area contributed by atoms with Crippen LogP contribution in [-0.2, 0) is 0 Å². The second kappa shape index (κ2) is 37.6. The van der Waals surface area contributed by atoms with Crippen molar-refractivity contribution in [1.82, 2.24) is 0 Å². The van der Waals surface area contributed by atoms with Crippen LogP contribution >= 0.6 is 0 Å². The smallest absolute Gasteiger partial charge is 0.0184 e. The van der Waals surface area contributed by atoms with Crippen molar-refractivity contribution in [2.24, 2.45) is 0 Å². The fraction of sp³-hybridized carbons (Fsp3) is 0.467.